The van der Waals surface area contributed by atoms with E-state index in [4.69, 9.17) is 0 Å². The van der Waals surface area contributed by atoms with Gasteiger partial charge in [0.1, 0.15) is 10.5 Å². The lowest BCUT2D eigenvalue weighted by atomic mass is 10.3. The van der Waals surface area contributed by atoms with E-state index in [2.05, 4.69) is 20.2 Å². The number of hydrogen-bond donors (Lipinski definition) is 1. The van der Waals surface area contributed by atoms with Crippen LogP contribution in [0.3, 0.4) is 0 Å². The molecule has 3 heterocycles. The molecule has 0 aliphatic carbocycles. The van der Waals surface area contributed by atoms with E-state index >= 15 is 0 Å². The first-order chi connectivity index (χ1) is 10.9. The van der Waals surface area contributed by atoms with E-state index in [0.29, 0.717) is 22.7 Å². The van der Waals surface area contributed by atoms with Crippen LogP contribution in [0, 0.1) is 0 Å². The molecular formula is C13H12F3N5OS. The maximum absolute atomic E-state index is 13.2. The second-order valence-electron chi connectivity index (χ2n) is 4.93. The number of hydrogen-bond acceptors (Lipinski definition) is 6. The van der Waals surface area contributed by atoms with Crippen LogP contribution in [0.4, 0.5) is 13.2 Å². The van der Waals surface area contributed by atoms with Crippen LogP contribution in [0.25, 0.3) is 16.8 Å². The maximum Gasteiger partial charge on any atom is 0.452 e. The van der Waals surface area contributed by atoms with Gasteiger partial charge < -0.3 is 5.11 Å². The van der Waals surface area contributed by atoms with E-state index in [-0.39, 0.29) is 11.3 Å². The number of fused-ring (bicyclic) bond motifs is 3. The molecule has 3 aromatic heterocycles. The molecule has 0 saturated heterocycles. The van der Waals surface area contributed by atoms with Gasteiger partial charge in [0.2, 0.25) is 5.82 Å². The van der Waals surface area contributed by atoms with Gasteiger partial charge in [-0.05, 0) is 25.5 Å². The van der Waals surface area contributed by atoms with Crippen molar-refractivity contribution in [3.05, 3.63) is 24.2 Å². The summed E-state index contributed by atoms with van der Waals surface area (Å²) in [6, 6.07) is 3.18. The zero-order valence-corrected chi connectivity index (χ0v) is 12.8. The molecule has 0 spiro atoms. The van der Waals surface area contributed by atoms with Crippen LogP contribution in [0.2, 0.25) is 0 Å². The smallest absolute Gasteiger partial charge is 0.393 e. The number of rotatable bonds is 4. The Labute approximate surface area is 132 Å². The topological polar surface area (TPSA) is 76.2 Å². The first-order valence-corrected chi connectivity index (χ1v) is 7.74. The number of aliphatic hydroxyl groups excluding tert-OH is 1. The van der Waals surface area contributed by atoms with Crippen LogP contribution in [-0.4, -0.2) is 41.5 Å². The number of halogens is 3. The van der Waals surface area contributed by atoms with E-state index in [1.165, 1.54) is 18.0 Å². The second kappa shape index (κ2) is 5.93. The minimum atomic E-state index is -4.65. The molecular weight excluding hydrogens is 331 g/mol. The maximum atomic E-state index is 13.2. The van der Waals surface area contributed by atoms with E-state index in [1.807, 2.05) is 0 Å². The molecule has 0 radical (unpaired) electrons. The molecule has 1 unspecified atom stereocenters. The van der Waals surface area contributed by atoms with Gasteiger partial charge in [0, 0.05) is 11.9 Å². The van der Waals surface area contributed by atoms with Crippen molar-refractivity contribution in [2.24, 2.45) is 0 Å². The van der Waals surface area contributed by atoms with Gasteiger partial charge in [0.15, 0.2) is 11.3 Å². The van der Waals surface area contributed by atoms with Gasteiger partial charge in [0.05, 0.1) is 6.10 Å². The monoisotopic (exact) mass is 343 g/mol. The lowest BCUT2D eigenvalue weighted by Gasteiger charge is -2.09. The summed E-state index contributed by atoms with van der Waals surface area (Å²) >= 11 is 1.23. The first kappa shape index (κ1) is 15.9. The molecule has 3 rings (SSSR count). The predicted octanol–water partition coefficient (Wildman–Crippen LogP) is 2.55. The highest BCUT2D eigenvalue weighted by Gasteiger charge is 2.38. The predicted molar refractivity (Wildman–Crippen MR) is 78.1 cm³/mol. The summed E-state index contributed by atoms with van der Waals surface area (Å²) in [7, 11) is 0. The summed E-state index contributed by atoms with van der Waals surface area (Å²) in [5, 5.41) is 16.5. The Morgan fingerprint density at radius 2 is 2.09 bits per heavy atom. The van der Waals surface area contributed by atoms with Crippen molar-refractivity contribution < 1.29 is 18.3 Å². The number of alkyl halides is 3. The van der Waals surface area contributed by atoms with Crippen LogP contribution >= 0.6 is 11.8 Å². The van der Waals surface area contributed by atoms with E-state index in [0.717, 1.165) is 4.40 Å². The molecule has 0 fully saturated rings. The van der Waals surface area contributed by atoms with Crippen LogP contribution in [0.1, 0.15) is 19.2 Å². The normalized spacial score (nSPS) is 13.8. The van der Waals surface area contributed by atoms with E-state index in [9.17, 15) is 18.3 Å². The molecule has 122 valence electrons. The highest BCUT2D eigenvalue weighted by molar-refractivity contribution is 7.99. The number of aromatic nitrogens is 5. The van der Waals surface area contributed by atoms with Crippen molar-refractivity contribution in [1.29, 1.82) is 0 Å². The quantitative estimate of drug-likeness (QED) is 0.734. The molecule has 0 bridgehead atoms. The van der Waals surface area contributed by atoms with Crippen molar-refractivity contribution in [2.45, 2.75) is 30.7 Å². The van der Waals surface area contributed by atoms with Gasteiger partial charge in [-0.15, -0.1) is 22.0 Å². The SMILES string of the molecule is CC(O)CCSc1nc2cccnc2n2c(C(F)(F)F)nnc12. The molecule has 0 aliphatic rings. The Kier molecular flexibility index (Phi) is 4.11. The summed E-state index contributed by atoms with van der Waals surface area (Å²) in [4.78, 5) is 8.30. The third kappa shape index (κ3) is 3.08. The van der Waals surface area contributed by atoms with Crippen molar-refractivity contribution in [1.82, 2.24) is 24.6 Å². The lowest BCUT2D eigenvalue weighted by molar-refractivity contribution is -0.145. The molecule has 0 amide bonds. The summed E-state index contributed by atoms with van der Waals surface area (Å²) in [6.45, 7) is 1.65. The average Bonchev–Trinajstić information content (AvgIpc) is 2.92. The molecule has 6 nitrogen and oxygen atoms in total. The van der Waals surface area contributed by atoms with Crippen LogP contribution in [-0.2, 0) is 6.18 Å². The molecule has 1 atom stereocenters. The Hall–Kier alpha value is -1.94. The number of pyridine rings is 1. The van der Waals surface area contributed by atoms with E-state index < -0.39 is 18.1 Å². The van der Waals surface area contributed by atoms with Gasteiger partial charge in [-0.3, -0.25) is 4.40 Å². The fourth-order valence-electron chi connectivity index (χ4n) is 2.04. The molecule has 0 aromatic carbocycles. The van der Waals surface area contributed by atoms with E-state index in [1.54, 1.807) is 19.1 Å². The highest BCUT2D eigenvalue weighted by Crippen LogP contribution is 2.32. The Morgan fingerprint density at radius 3 is 2.78 bits per heavy atom. The minimum Gasteiger partial charge on any atom is -0.393 e. The van der Waals surface area contributed by atoms with Crippen molar-refractivity contribution in [3.8, 4) is 0 Å². The summed E-state index contributed by atoms with van der Waals surface area (Å²) in [5.74, 6) is -0.628. The lowest BCUT2D eigenvalue weighted by Crippen LogP contribution is -2.12. The third-order valence-corrected chi connectivity index (χ3v) is 4.07. The Morgan fingerprint density at radius 1 is 1.30 bits per heavy atom. The summed E-state index contributed by atoms with van der Waals surface area (Å²) < 4.78 is 40.4. The summed E-state index contributed by atoms with van der Waals surface area (Å²) in [5.41, 5.74) is 0.392. The number of thioether (sulfide) groups is 1. The second-order valence-corrected chi connectivity index (χ2v) is 6.01. The van der Waals surface area contributed by atoms with Gasteiger partial charge in [-0.1, -0.05) is 0 Å². The zero-order valence-electron chi connectivity index (χ0n) is 11.9. The molecule has 0 saturated carbocycles. The molecule has 10 heteroatoms. The summed E-state index contributed by atoms with van der Waals surface area (Å²) in [6.07, 6.45) is -3.26. The highest BCUT2D eigenvalue weighted by atomic mass is 32.2. The molecule has 23 heavy (non-hydrogen) atoms. The number of aliphatic hydroxyl groups is 1. The largest absolute Gasteiger partial charge is 0.452 e. The molecule has 0 aliphatic heterocycles. The van der Waals surface area contributed by atoms with Crippen LogP contribution in [0.5, 0.6) is 0 Å². The third-order valence-electron chi connectivity index (χ3n) is 3.08. The van der Waals surface area contributed by atoms with Gasteiger partial charge in [-0.25, -0.2) is 9.97 Å². The van der Waals surface area contributed by atoms with Crippen LogP contribution in [0.15, 0.2) is 23.4 Å². The number of nitrogens with zero attached hydrogens (tertiary/aromatic N) is 5. The Balaban J connectivity index is 2.18. The van der Waals surface area contributed by atoms with Crippen molar-refractivity contribution >= 4 is 28.6 Å². The zero-order chi connectivity index (χ0) is 16.6. The van der Waals surface area contributed by atoms with Gasteiger partial charge in [-0.2, -0.15) is 13.2 Å². The first-order valence-electron chi connectivity index (χ1n) is 6.76. The standard InChI is InChI=1S/C13H12F3N5OS/c1-7(22)4-6-23-11-10-19-20-12(13(14,15)16)21(10)9-8(18-11)3-2-5-17-9/h2-3,5,7,22H,4,6H2,1H3. The van der Waals surface area contributed by atoms with Gasteiger partial charge >= 0.3 is 6.18 Å². The van der Waals surface area contributed by atoms with Crippen molar-refractivity contribution in [3.63, 3.8) is 0 Å². The van der Waals surface area contributed by atoms with Crippen LogP contribution < -0.4 is 0 Å². The molecule has 3 aromatic rings. The fourth-order valence-corrected chi connectivity index (χ4v) is 3.11. The fraction of sp³-hybridized carbons (Fsp3) is 0.385. The molecule has 1 N–H and O–H groups in total. The van der Waals surface area contributed by atoms with Gasteiger partial charge in [0.25, 0.3) is 0 Å². The average molecular weight is 343 g/mol. The minimum absolute atomic E-state index is 0.0131. The Bertz CT molecular complexity index is 849. The van der Waals surface area contributed by atoms with Crippen molar-refractivity contribution in [2.75, 3.05) is 5.75 Å².